The molecule has 0 radical (unpaired) electrons. The van der Waals surface area contributed by atoms with Crippen molar-refractivity contribution in [3.63, 3.8) is 0 Å². The fraction of sp³-hybridized carbons (Fsp3) is 0.529. The Balaban J connectivity index is 1.76. The molecule has 2 atom stereocenters. The molecule has 1 aromatic rings. The van der Waals surface area contributed by atoms with E-state index in [1.54, 1.807) is 12.1 Å². The number of amides is 2. The fourth-order valence-corrected chi connectivity index (χ4v) is 3.00. The van der Waals surface area contributed by atoms with Crippen LogP contribution in [0.3, 0.4) is 0 Å². The van der Waals surface area contributed by atoms with Crippen molar-refractivity contribution in [3.8, 4) is 0 Å². The normalized spacial score (nSPS) is 19.3. The van der Waals surface area contributed by atoms with Crippen molar-refractivity contribution in [3.05, 3.63) is 33.8 Å². The molecule has 0 saturated carbocycles. The summed E-state index contributed by atoms with van der Waals surface area (Å²) >= 11 is 11.8. The van der Waals surface area contributed by atoms with Crippen LogP contribution >= 0.6 is 23.2 Å². The maximum Gasteiger partial charge on any atom is 0.242 e. The third-order valence-corrected chi connectivity index (χ3v) is 4.78. The van der Waals surface area contributed by atoms with Crippen LogP contribution in [0.2, 0.25) is 10.0 Å². The second-order valence-corrected chi connectivity index (χ2v) is 6.87. The van der Waals surface area contributed by atoms with Crippen LogP contribution in [0.1, 0.15) is 37.7 Å². The van der Waals surface area contributed by atoms with Gasteiger partial charge in [-0.1, -0.05) is 29.3 Å². The molecule has 5 nitrogen and oxygen atoms in total. The molecule has 2 unspecified atom stereocenters. The number of carbonyl (C=O) groups excluding carboxylic acids is 2. The molecule has 7 heteroatoms. The number of halogens is 2. The third-order valence-electron chi connectivity index (χ3n) is 4.04. The van der Waals surface area contributed by atoms with Crippen molar-refractivity contribution in [1.29, 1.82) is 0 Å². The zero-order valence-electron chi connectivity index (χ0n) is 13.4. The van der Waals surface area contributed by atoms with Gasteiger partial charge in [-0.2, -0.15) is 0 Å². The lowest BCUT2D eigenvalue weighted by Crippen LogP contribution is -2.46. The summed E-state index contributed by atoms with van der Waals surface area (Å²) in [6.45, 7) is 0.650. The van der Waals surface area contributed by atoms with Crippen molar-refractivity contribution in [2.45, 2.75) is 50.7 Å². The van der Waals surface area contributed by atoms with Crippen LogP contribution in [0, 0.1) is 0 Å². The highest BCUT2D eigenvalue weighted by molar-refractivity contribution is 6.42. The Bertz CT molecular complexity index is 595. The lowest BCUT2D eigenvalue weighted by Gasteiger charge is -2.17. The van der Waals surface area contributed by atoms with Crippen LogP contribution in [0.15, 0.2) is 18.2 Å². The van der Waals surface area contributed by atoms with E-state index >= 15 is 0 Å². The van der Waals surface area contributed by atoms with Crippen molar-refractivity contribution in [2.75, 3.05) is 6.54 Å². The van der Waals surface area contributed by atoms with Gasteiger partial charge in [0.15, 0.2) is 0 Å². The number of hydrogen-bond donors (Lipinski definition) is 3. The minimum Gasteiger partial charge on any atom is -0.393 e. The lowest BCUT2D eigenvalue weighted by atomic mass is 10.0. The quantitative estimate of drug-likeness (QED) is 0.717. The van der Waals surface area contributed by atoms with Crippen molar-refractivity contribution in [1.82, 2.24) is 10.6 Å². The first-order chi connectivity index (χ1) is 11.5. The van der Waals surface area contributed by atoms with E-state index in [-0.39, 0.29) is 18.2 Å². The SMILES string of the molecule is O=C(CC(O)CCc1ccc(Cl)c(Cl)c1)NC1CCCCNC1=O. The number of aliphatic hydroxyl groups excluding tert-OH is 1. The smallest absolute Gasteiger partial charge is 0.242 e. The van der Waals surface area contributed by atoms with Crippen LogP contribution in [0.4, 0.5) is 0 Å². The minimum absolute atomic E-state index is 0.0227. The number of aliphatic hydroxyl groups is 1. The maximum atomic E-state index is 12.0. The summed E-state index contributed by atoms with van der Waals surface area (Å²) in [5.74, 6) is -0.454. The molecule has 1 aromatic carbocycles. The molecule has 0 aromatic heterocycles. The van der Waals surface area contributed by atoms with Gasteiger partial charge in [-0.05, 0) is 49.8 Å². The van der Waals surface area contributed by atoms with Gasteiger partial charge in [0.2, 0.25) is 11.8 Å². The monoisotopic (exact) mass is 372 g/mol. The summed E-state index contributed by atoms with van der Waals surface area (Å²) in [5, 5.41) is 16.5. The highest BCUT2D eigenvalue weighted by Crippen LogP contribution is 2.23. The van der Waals surface area contributed by atoms with Gasteiger partial charge >= 0.3 is 0 Å². The Labute approximate surface area is 151 Å². The molecule has 132 valence electrons. The summed E-state index contributed by atoms with van der Waals surface area (Å²) in [6.07, 6.45) is 2.68. The Morgan fingerprint density at radius 3 is 2.88 bits per heavy atom. The highest BCUT2D eigenvalue weighted by Gasteiger charge is 2.23. The van der Waals surface area contributed by atoms with Gasteiger partial charge in [-0.3, -0.25) is 9.59 Å². The molecule has 1 aliphatic heterocycles. The minimum atomic E-state index is -0.770. The molecule has 24 heavy (non-hydrogen) atoms. The predicted octanol–water partition coefficient (Wildman–Crippen LogP) is 2.46. The number of hydrogen-bond acceptors (Lipinski definition) is 3. The first-order valence-corrected chi connectivity index (χ1v) is 8.90. The first kappa shape index (κ1) is 19.0. The molecule has 0 aliphatic carbocycles. The number of rotatable bonds is 6. The van der Waals surface area contributed by atoms with E-state index in [1.165, 1.54) is 0 Å². The molecule has 0 spiro atoms. The van der Waals surface area contributed by atoms with E-state index in [2.05, 4.69) is 10.6 Å². The van der Waals surface area contributed by atoms with Gasteiger partial charge in [-0.25, -0.2) is 0 Å². The van der Waals surface area contributed by atoms with Crippen molar-refractivity contribution in [2.24, 2.45) is 0 Å². The molecule has 2 amide bonds. The Morgan fingerprint density at radius 1 is 1.33 bits per heavy atom. The molecule has 0 bridgehead atoms. The van der Waals surface area contributed by atoms with Crippen LogP contribution in [0.25, 0.3) is 0 Å². The summed E-state index contributed by atoms with van der Waals surface area (Å²) in [7, 11) is 0. The maximum absolute atomic E-state index is 12.0. The molecular weight excluding hydrogens is 351 g/mol. The predicted molar refractivity (Wildman–Crippen MR) is 94.2 cm³/mol. The van der Waals surface area contributed by atoms with Gasteiger partial charge in [0.1, 0.15) is 6.04 Å². The molecule has 1 aliphatic rings. The fourth-order valence-electron chi connectivity index (χ4n) is 2.67. The van der Waals surface area contributed by atoms with E-state index in [0.29, 0.717) is 35.9 Å². The van der Waals surface area contributed by atoms with E-state index in [0.717, 1.165) is 18.4 Å². The van der Waals surface area contributed by atoms with Crippen LogP contribution in [-0.2, 0) is 16.0 Å². The number of nitrogens with one attached hydrogen (secondary N) is 2. The second kappa shape index (κ2) is 9.25. The van der Waals surface area contributed by atoms with E-state index in [4.69, 9.17) is 23.2 Å². The molecule has 2 rings (SSSR count). The zero-order chi connectivity index (χ0) is 17.5. The average molecular weight is 373 g/mol. The van der Waals surface area contributed by atoms with Crippen molar-refractivity contribution >= 4 is 35.0 Å². The summed E-state index contributed by atoms with van der Waals surface area (Å²) in [6, 6.07) is 4.81. The average Bonchev–Trinajstić information content (AvgIpc) is 2.73. The van der Waals surface area contributed by atoms with Gasteiger partial charge in [0, 0.05) is 6.54 Å². The van der Waals surface area contributed by atoms with Crippen molar-refractivity contribution < 1.29 is 14.7 Å². The first-order valence-electron chi connectivity index (χ1n) is 8.15. The zero-order valence-corrected chi connectivity index (χ0v) is 14.9. The highest BCUT2D eigenvalue weighted by atomic mass is 35.5. The number of carbonyl (C=O) groups is 2. The topological polar surface area (TPSA) is 78.4 Å². The summed E-state index contributed by atoms with van der Waals surface area (Å²) < 4.78 is 0. The van der Waals surface area contributed by atoms with E-state index in [9.17, 15) is 14.7 Å². The lowest BCUT2D eigenvalue weighted by molar-refractivity contribution is -0.129. The molecule has 1 heterocycles. The third kappa shape index (κ3) is 5.96. The standard InChI is InChI=1S/C17H22Cl2N2O3/c18-13-7-5-11(9-14(13)19)4-6-12(22)10-16(23)21-15-3-1-2-8-20-17(15)24/h5,7,9,12,15,22H,1-4,6,8,10H2,(H,20,24)(H,21,23). The van der Waals surface area contributed by atoms with E-state index in [1.807, 2.05) is 6.07 Å². The molecule has 3 N–H and O–H groups in total. The Hall–Kier alpha value is -1.30. The van der Waals surface area contributed by atoms with Gasteiger partial charge < -0.3 is 15.7 Å². The van der Waals surface area contributed by atoms with Crippen LogP contribution < -0.4 is 10.6 Å². The van der Waals surface area contributed by atoms with Crippen LogP contribution in [-0.4, -0.2) is 35.6 Å². The summed E-state index contributed by atoms with van der Waals surface area (Å²) in [5.41, 5.74) is 0.951. The molecule has 1 fully saturated rings. The largest absolute Gasteiger partial charge is 0.393 e. The Morgan fingerprint density at radius 2 is 2.12 bits per heavy atom. The van der Waals surface area contributed by atoms with Gasteiger partial charge in [0.25, 0.3) is 0 Å². The molecule has 1 saturated heterocycles. The van der Waals surface area contributed by atoms with Gasteiger partial charge in [0.05, 0.1) is 22.6 Å². The second-order valence-electron chi connectivity index (χ2n) is 6.05. The molecular formula is C17H22Cl2N2O3. The number of benzene rings is 1. The number of aryl methyl sites for hydroxylation is 1. The van der Waals surface area contributed by atoms with E-state index < -0.39 is 12.1 Å². The van der Waals surface area contributed by atoms with Crippen LogP contribution in [0.5, 0.6) is 0 Å². The Kier molecular flexibility index (Phi) is 7.34. The van der Waals surface area contributed by atoms with Gasteiger partial charge in [-0.15, -0.1) is 0 Å². The summed E-state index contributed by atoms with van der Waals surface area (Å²) in [4.78, 5) is 23.8.